The molecule has 2 aromatic heterocycles. The summed E-state index contributed by atoms with van der Waals surface area (Å²) in [7, 11) is 0. The summed E-state index contributed by atoms with van der Waals surface area (Å²) in [6, 6.07) is 16.0. The molecule has 0 saturated carbocycles. The molecule has 0 aliphatic heterocycles. The van der Waals surface area contributed by atoms with Crippen molar-refractivity contribution in [2.75, 3.05) is 5.32 Å². The van der Waals surface area contributed by atoms with Gasteiger partial charge in [0.25, 0.3) is 0 Å². The van der Waals surface area contributed by atoms with Crippen molar-refractivity contribution in [1.82, 2.24) is 24.8 Å². The van der Waals surface area contributed by atoms with Gasteiger partial charge in [0, 0.05) is 17.8 Å². The van der Waals surface area contributed by atoms with Crippen LogP contribution >= 0.6 is 0 Å². The smallest absolute Gasteiger partial charge is 0.249 e. The first-order valence-corrected chi connectivity index (χ1v) is 10.3. The Kier molecular flexibility index (Phi) is 6.00. The van der Waals surface area contributed by atoms with Crippen molar-refractivity contribution in [3.05, 3.63) is 82.3 Å². The molecule has 0 aliphatic rings. The van der Waals surface area contributed by atoms with Gasteiger partial charge in [-0.1, -0.05) is 42.0 Å². The lowest BCUT2D eigenvalue weighted by molar-refractivity contribution is -0.117. The van der Waals surface area contributed by atoms with E-state index in [9.17, 15) is 14.4 Å². The van der Waals surface area contributed by atoms with Crippen LogP contribution in [0.25, 0.3) is 11.4 Å². The molecule has 0 fully saturated rings. The zero-order valence-corrected chi connectivity index (χ0v) is 18.5. The van der Waals surface area contributed by atoms with Gasteiger partial charge in [-0.05, 0) is 49.2 Å². The van der Waals surface area contributed by atoms with Crippen LogP contribution in [0, 0.1) is 37.9 Å². The Morgan fingerprint density at radius 2 is 1.79 bits per heavy atom. The number of aryl methyl sites for hydroxylation is 1. The third-order valence-corrected chi connectivity index (χ3v) is 5.50. The minimum atomic E-state index is -0.391. The fourth-order valence-electron chi connectivity index (χ4n) is 3.53. The predicted octanol–water partition coefficient (Wildman–Crippen LogP) is 3.76. The second-order valence-corrected chi connectivity index (χ2v) is 7.82. The second-order valence-electron chi connectivity index (χ2n) is 7.82. The number of hydrogen-bond acceptors (Lipinski definition) is 5. The lowest BCUT2D eigenvalue weighted by atomic mass is 10.1. The molecule has 0 atom stereocenters. The van der Waals surface area contributed by atoms with Crippen molar-refractivity contribution in [1.29, 1.82) is 5.26 Å². The number of tetrazole rings is 1. The molecule has 4 rings (SSSR count). The van der Waals surface area contributed by atoms with Crippen molar-refractivity contribution in [3.8, 4) is 17.5 Å². The monoisotopic (exact) mass is 443 g/mol. The van der Waals surface area contributed by atoms with E-state index < -0.39 is 5.91 Å². The number of carbonyl (C=O) groups excluding carboxylic acids is 1. The van der Waals surface area contributed by atoms with Crippen LogP contribution < -0.4 is 5.32 Å². The Morgan fingerprint density at radius 3 is 2.45 bits per heavy atom. The van der Waals surface area contributed by atoms with E-state index in [4.69, 9.17) is 0 Å². The van der Waals surface area contributed by atoms with E-state index in [0.29, 0.717) is 23.8 Å². The summed E-state index contributed by atoms with van der Waals surface area (Å²) in [6.45, 7) is 5.91. The molecule has 2 heterocycles. The van der Waals surface area contributed by atoms with Gasteiger partial charge in [0.1, 0.15) is 24.2 Å². The van der Waals surface area contributed by atoms with Crippen LogP contribution in [0.2, 0.25) is 0 Å². The number of hydrogen-bond donors (Lipinski definition) is 1. The molecular weight excluding hydrogens is 421 g/mol. The molecule has 0 saturated heterocycles. The van der Waals surface area contributed by atoms with Crippen LogP contribution in [0.1, 0.15) is 27.9 Å². The number of benzene rings is 2. The number of amides is 1. The van der Waals surface area contributed by atoms with Crippen molar-refractivity contribution < 1.29 is 9.18 Å². The number of nitrogens with one attached hydrogen (secondary N) is 1. The average molecular weight is 443 g/mol. The first kappa shape index (κ1) is 21.9. The SMILES string of the molecule is Cc1ccc(-c2nnn(CC(=O)Nc3c(C#N)c(C)c(C)n3Cc3ccc(F)cc3)n2)cc1. The minimum Gasteiger partial charge on any atom is -0.326 e. The largest absolute Gasteiger partial charge is 0.326 e. The summed E-state index contributed by atoms with van der Waals surface area (Å²) < 4.78 is 15.1. The Hall–Kier alpha value is -4.32. The number of carbonyl (C=O) groups is 1. The highest BCUT2D eigenvalue weighted by atomic mass is 19.1. The Labute approximate surface area is 190 Å². The Bertz CT molecular complexity index is 1350. The summed E-state index contributed by atoms with van der Waals surface area (Å²) in [6.07, 6.45) is 0. The Balaban J connectivity index is 1.55. The third-order valence-electron chi connectivity index (χ3n) is 5.50. The van der Waals surface area contributed by atoms with E-state index in [2.05, 4.69) is 26.8 Å². The van der Waals surface area contributed by atoms with Crippen LogP contribution in [-0.4, -0.2) is 30.7 Å². The lowest BCUT2D eigenvalue weighted by Crippen LogP contribution is -2.23. The minimum absolute atomic E-state index is 0.163. The zero-order chi connectivity index (χ0) is 23.5. The van der Waals surface area contributed by atoms with Gasteiger partial charge in [-0.3, -0.25) is 4.79 Å². The molecule has 0 unspecified atom stereocenters. The first-order chi connectivity index (χ1) is 15.9. The fourth-order valence-corrected chi connectivity index (χ4v) is 3.53. The third kappa shape index (κ3) is 4.65. The van der Waals surface area contributed by atoms with Crippen molar-refractivity contribution in [3.63, 3.8) is 0 Å². The van der Waals surface area contributed by atoms with Crippen LogP contribution in [0.15, 0.2) is 48.5 Å². The normalized spacial score (nSPS) is 10.8. The first-order valence-electron chi connectivity index (χ1n) is 10.3. The van der Waals surface area contributed by atoms with Crippen LogP contribution in [0.4, 0.5) is 10.2 Å². The fraction of sp³-hybridized carbons (Fsp3) is 0.208. The summed E-state index contributed by atoms with van der Waals surface area (Å²) in [5.74, 6) is 0.0977. The summed E-state index contributed by atoms with van der Waals surface area (Å²) in [4.78, 5) is 14.0. The molecule has 0 spiro atoms. The van der Waals surface area contributed by atoms with E-state index >= 15 is 0 Å². The van der Waals surface area contributed by atoms with E-state index in [-0.39, 0.29) is 12.4 Å². The van der Waals surface area contributed by atoms with Gasteiger partial charge in [0.15, 0.2) is 0 Å². The highest BCUT2D eigenvalue weighted by molar-refractivity contribution is 5.91. The molecule has 0 radical (unpaired) electrons. The standard InChI is InChI=1S/C24H22FN7O/c1-15-4-8-19(9-5-15)23-28-30-32(29-23)14-22(33)27-24-21(12-26)16(2)17(3)31(24)13-18-6-10-20(25)11-7-18/h4-11H,13-14H2,1-3H3,(H,27,33). The quantitative estimate of drug-likeness (QED) is 0.489. The van der Waals surface area contributed by atoms with Gasteiger partial charge < -0.3 is 9.88 Å². The van der Waals surface area contributed by atoms with Crippen molar-refractivity contribution >= 4 is 11.7 Å². The van der Waals surface area contributed by atoms with Crippen LogP contribution in [0.5, 0.6) is 0 Å². The van der Waals surface area contributed by atoms with Gasteiger partial charge in [0.2, 0.25) is 11.7 Å². The highest BCUT2D eigenvalue weighted by Gasteiger charge is 2.20. The van der Waals surface area contributed by atoms with E-state index in [1.807, 2.05) is 49.6 Å². The molecule has 0 bridgehead atoms. The van der Waals surface area contributed by atoms with Crippen molar-refractivity contribution in [2.45, 2.75) is 33.9 Å². The summed E-state index contributed by atoms with van der Waals surface area (Å²) in [5.41, 5.74) is 4.76. The van der Waals surface area contributed by atoms with Crippen LogP contribution in [-0.2, 0) is 17.9 Å². The number of rotatable bonds is 6. The van der Waals surface area contributed by atoms with Gasteiger partial charge in [-0.25, -0.2) is 4.39 Å². The molecule has 9 heteroatoms. The summed E-state index contributed by atoms with van der Waals surface area (Å²) in [5, 5.41) is 24.8. The van der Waals surface area contributed by atoms with Gasteiger partial charge in [-0.2, -0.15) is 10.1 Å². The second kappa shape index (κ2) is 9.04. The van der Waals surface area contributed by atoms with Crippen LogP contribution in [0.3, 0.4) is 0 Å². The summed E-state index contributed by atoms with van der Waals surface area (Å²) >= 11 is 0. The molecule has 0 aliphatic carbocycles. The number of nitrogens with zero attached hydrogens (tertiary/aromatic N) is 6. The van der Waals surface area contributed by atoms with Gasteiger partial charge in [-0.15, -0.1) is 10.2 Å². The number of nitriles is 1. The maximum Gasteiger partial charge on any atom is 0.249 e. The lowest BCUT2D eigenvalue weighted by Gasteiger charge is -2.13. The van der Waals surface area contributed by atoms with Gasteiger partial charge >= 0.3 is 0 Å². The topological polar surface area (TPSA) is 101 Å². The van der Waals surface area contributed by atoms with Gasteiger partial charge in [0.05, 0.1) is 5.56 Å². The Morgan fingerprint density at radius 1 is 1.09 bits per heavy atom. The van der Waals surface area contributed by atoms with E-state index in [1.54, 1.807) is 12.1 Å². The molecular formula is C24H22FN7O. The maximum absolute atomic E-state index is 13.3. The molecule has 8 nitrogen and oxygen atoms in total. The molecule has 166 valence electrons. The number of aromatic nitrogens is 5. The molecule has 4 aromatic rings. The predicted molar refractivity (Wildman–Crippen MR) is 121 cm³/mol. The zero-order valence-electron chi connectivity index (χ0n) is 18.5. The molecule has 2 aromatic carbocycles. The molecule has 33 heavy (non-hydrogen) atoms. The molecule has 1 N–H and O–H groups in total. The average Bonchev–Trinajstić information content (AvgIpc) is 3.34. The number of halogens is 1. The number of anilines is 1. The maximum atomic E-state index is 13.3. The van der Waals surface area contributed by atoms with E-state index in [1.165, 1.54) is 16.9 Å². The highest BCUT2D eigenvalue weighted by Crippen LogP contribution is 2.27. The van der Waals surface area contributed by atoms with E-state index in [0.717, 1.165) is 27.9 Å². The molecule has 1 amide bonds. The van der Waals surface area contributed by atoms with Crippen molar-refractivity contribution in [2.24, 2.45) is 0 Å².